The molecular formula is C15H10O4. The van der Waals surface area contributed by atoms with Crippen LogP contribution in [0.3, 0.4) is 0 Å². The van der Waals surface area contributed by atoms with Crippen LogP contribution >= 0.6 is 0 Å². The van der Waals surface area contributed by atoms with Crippen molar-refractivity contribution in [3.05, 3.63) is 64.6 Å². The highest BCUT2D eigenvalue weighted by Crippen LogP contribution is 2.27. The highest BCUT2D eigenvalue weighted by molar-refractivity contribution is 6.41. The van der Waals surface area contributed by atoms with Crippen LogP contribution in [0.4, 0.5) is 0 Å². The fourth-order valence-electron chi connectivity index (χ4n) is 2.10. The van der Waals surface area contributed by atoms with Gasteiger partial charge in [-0.05, 0) is 18.2 Å². The first kappa shape index (κ1) is 11.6. The molecule has 0 unspecified atom stereocenters. The van der Waals surface area contributed by atoms with Gasteiger partial charge in [-0.25, -0.2) is 0 Å². The fraction of sp³-hybridized carbons (Fsp3) is 0.0667. The number of fused-ring (bicyclic) bond motifs is 1. The number of carbonyl (C=O) groups excluding carboxylic acids is 2. The Morgan fingerprint density at radius 3 is 2.16 bits per heavy atom. The molecule has 0 saturated heterocycles. The molecule has 19 heavy (non-hydrogen) atoms. The Labute approximate surface area is 109 Å². The van der Waals surface area contributed by atoms with E-state index in [4.69, 9.17) is 9.52 Å². The van der Waals surface area contributed by atoms with Crippen LogP contribution in [0.25, 0.3) is 6.08 Å². The zero-order valence-corrected chi connectivity index (χ0v) is 9.92. The van der Waals surface area contributed by atoms with Crippen LogP contribution in [-0.2, 0) is 6.61 Å². The van der Waals surface area contributed by atoms with Gasteiger partial charge >= 0.3 is 0 Å². The summed E-state index contributed by atoms with van der Waals surface area (Å²) in [4.78, 5) is 24.2. The van der Waals surface area contributed by atoms with Crippen molar-refractivity contribution >= 4 is 17.6 Å². The number of ketones is 2. The Balaban J connectivity index is 2.04. The minimum atomic E-state index is -0.289. The molecule has 0 radical (unpaired) electrons. The molecule has 4 heteroatoms. The normalized spacial score (nSPS) is 13.8. The Bertz CT molecular complexity index is 669. The Hall–Kier alpha value is -2.46. The molecule has 0 fully saturated rings. The van der Waals surface area contributed by atoms with Crippen molar-refractivity contribution in [2.24, 2.45) is 0 Å². The molecule has 1 aliphatic carbocycles. The van der Waals surface area contributed by atoms with Crippen LogP contribution in [0.2, 0.25) is 0 Å². The second-order valence-corrected chi connectivity index (χ2v) is 4.22. The Morgan fingerprint density at radius 2 is 1.63 bits per heavy atom. The monoisotopic (exact) mass is 254 g/mol. The third-order valence-electron chi connectivity index (χ3n) is 3.03. The van der Waals surface area contributed by atoms with Crippen molar-refractivity contribution < 1.29 is 19.1 Å². The molecule has 0 spiro atoms. The molecule has 1 aliphatic rings. The van der Waals surface area contributed by atoms with Crippen LogP contribution < -0.4 is 0 Å². The number of hydrogen-bond donors (Lipinski definition) is 1. The maximum atomic E-state index is 12.1. The predicted octanol–water partition coefficient (Wildman–Crippen LogP) is 2.23. The summed E-state index contributed by atoms with van der Waals surface area (Å²) in [5.41, 5.74) is 0.945. The molecule has 1 aromatic carbocycles. The van der Waals surface area contributed by atoms with E-state index in [2.05, 4.69) is 0 Å². The average Bonchev–Trinajstić information content (AvgIpc) is 2.99. The van der Waals surface area contributed by atoms with Gasteiger partial charge in [0.05, 0.1) is 5.57 Å². The highest BCUT2D eigenvalue weighted by Gasteiger charge is 2.32. The van der Waals surface area contributed by atoms with Crippen LogP contribution in [0, 0.1) is 0 Å². The second-order valence-electron chi connectivity index (χ2n) is 4.22. The molecule has 1 aromatic heterocycles. The zero-order valence-electron chi connectivity index (χ0n) is 9.92. The maximum Gasteiger partial charge on any atom is 0.197 e. The minimum Gasteiger partial charge on any atom is -0.459 e. The number of Topliss-reactive ketones (excluding diaryl/α,β-unsaturated/α-hetero) is 2. The van der Waals surface area contributed by atoms with E-state index in [1.165, 1.54) is 6.08 Å². The van der Waals surface area contributed by atoms with Gasteiger partial charge in [0, 0.05) is 11.1 Å². The van der Waals surface area contributed by atoms with Gasteiger partial charge in [0.15, 0.2) is 11.6 Å². The molecule has 1 heterocycles. The highest BCUT2D eigenvalue weighted by atomic mass is 16.4. The molecule has 3 rings (SSSR count). The summed E-state index contributed by atoms with van der Waals surface area (Å²) in [5, 5.41) is 8.91. The maximum absolute atomic E-state index is 12.1. The van der Waals surface area contributed by atoms with Crippen molar-refractivity contribution in [3.63, 3.8) is 0 Å². The zero-order chi connectivity index (χ0) is 13.4. The Morgan fingerprint density at radius 1 is 1.00 bits per heavy atom. The first-order chi connectivity index (χ1) is 9.20. The molecule has 4 nitrogen and oxygen atoms in total. The summed E-state index contributed by atoms with van der Waals surface area (Å²) < 4.78 is 5.26. The van der Waals surface area contributed by atoms with E-state index in [0.717, 1.165) is 0 Å². The SMILES string of the molecule is O=C1C(=Cc2ccc(CO)o2)C(=O)c2ccccc21. The molecule has 0 aliphatic heterocycles. The van der Waals surface area contributed by atoms with Crippen molar-refractivity contribution in [1.29, 1.82) is 0 Å². The summed E-state index contributed by atoms with van der Waals surface area (Å²) in [6.45, 7) is -0.217. The van der Waals surface area contributed by atoms with Gasteiger partial charge in [-0.3, -0.25) is 9.59 Å². The third-order valence-corrected chi connectivity index (χ3v) is 3.03. The second kappa shape index (κ2) is 4.33. The molecule has 0 bridgehead atoms. The lowest BCUT2D eigenvalue weighted by atomic mass is 10.1. The summed E-state index contributed by atoms with van der Waals surface area (Å²) in [6, 6.07) is 9.94. The number of carbonyl (C=O) groups is 2. The molecule has 0 saturated carbocycles. The number of rotatable bonds is 2. The van der Waals surface area contributed by atoms with Crippen LogP contribution in [0.1, 0.15) is 32.2 Å². The van der Waals surface area contributed by atoms with Gasteiger partial charge in [-0.15, -0.1) is 0 Å². The van der Waals surface area contributed by atoms with E-state index in [0.29, 0.717) is 22.6 Å². The summed E-state index contributed by atoms with van der Waals surface area (Å²) in [7, 11) is 0. The molecule has 1 N–H and O–H groups in total. The van der Waals surface area contributed by atoms with Gasteiger partial charge in [-0.2, -0.15) is 0 Å². The number of furan rings is 1. The molecule has 2 aromatic rings. The number of aliphatic hydroxyl groups is 1. The van der Waals surface area contributed by atoms with E-state index in [-0.39, 0.29) is 23.7 Å². The fourth-order valence-corrected chi connectivity index (χ4v) is 2.10. The van der Waals surface area contributed by atoms with Crippen LogP contribution in [-0.4, -0.2) is 16.7 Å². The van der Waals surface area contributed by atoms with Gasteiger partial charge in [-0.1, -0.05) is 24.3 Å². The lowest BCUT2D eigenvalue weighted by molar-refractivity contribution is 0.0990. The smallest absolute Gasteiger partial charge is 0.197 e. The number of aliphatic hydroxyl groups excluding tert-OH is 1. The first-order valence-electron chi connectivity index (χ1n) is 5.80. The predicted molar refractivity (Wildman–Crippen MR) is 67.7 cm³/mol. The van der Waals surface area contributed by atoms with E-state index in [1.807, 2.05) is 0 Å². The lowest BCUT2D eigenvalue weighted by Crippen LogP contribution is -1.99. The van der Waals surface area contributed by atoms with E-state index in [1.54, 1.807) is 36.4 Å². The van der Waals surface area contributed by atoms with E-state index in [9.17, 15) is 9.59 Å². The average molecular weight is 254 g/mol. The van der Waals surface area contributed by atoms with Crippen molar-refractivity contribution in [2.75, 3.05) is 0 Å². The number of benzene rings is 1. The molecule has 0 amide bonds. The lowest BCUT2D eigenvalue weighted by Gasteiger charge is -1.92. The van der Waals surface area contributed by atoms with Gasteiger partial charge in [0.2, 0.25) is 0 Å². The largest absolute Gasteiger partial charge is 0.459 e. The van der Waals surface area contributed by atoms with Crippen molar-refractivity contribution in [1.82, 2.24) is 0 Å². The molecule has 94 valence electrons. The molecular weight excluding hydrogens is 244 g/mol. The van der Waals surface area contributed by atoms with Crippen LogP contribution in [0.15, 0.2) is 46.4 Å². The van der Waals surface area contributed by atoms with Gasteiger partial charge in [0.1, 0.15) is 18.1 Å². The summed E-state index contributed by atoms with van der Waals surface area (Å²) in [5.74, 6) is 0.195. The van der Waals surface area contributed by atoms with Crippen LogP contribution in [0.5, 0.6) is 0 Å². The quantitative estimate of drug-likeness (QED) is 0.659. The summed E-state index contributed by atoms with van der Waals surface area (Å²) >= 11 is 0. The number of hydrogen-bond acceptors (Lipinski definition) is 4. The molecule has 0 atom stereocenters. The van der Waals surface area contributed by atoms with Gasteiger partial charge in [0.25, 0.3) is 0 Å². The van der Waals surface area contributed by atoms with E-state index < -0.39 is 0 Å². The summed E-state index contributed by atoms with van der Waals surface area (Å²) in [6.07, 6.45) is 1.42. The van der Waals surface area contributed by atoms with E-state index >= 15 is 0 Å². The van der Waals surface area contributed by atoms with Crippen molar-refractivity contribution in [2.45, 2.75) is 6.61 Å². The van der Waals surface area contributed by atoms with Crippen molar-refractivity contribution in [3.8, 4) is 0 Å². The Kier molecular flexibility index (Phi) is 2.65. The minimum absolute atomic E-state index is 0.0973. The number of allylic oxidation sites excluding steroid dienone is 1. The first-order valence-corrected chi connectivity index (χ1v) is 5.80. The standard InChI is InChI=1S/C15H10O4/c16-8-10-6-5-9(19-10)7-13-14(17)11-3-1-2-4-12(11)15(13)18/h1-7,16H,8H2. The third kappa shape index (κ3) is 1.82. The van der Waals surface area contributed by atoms with Gasteiger partial charge < -0.3 is 9.52 Å². The topological polar surface area (TPSA) is 67.5 Å².